The van der Waals surface area contributed by atoms with Crippen molar-refractivity contribution in [3.8, 4) is 11.6 Å². The Labute approximate surface area is 152 Å². The first-order chi connectivity index (χ1) is 12.7. The van der Waals surface area contributed by atoms with E-state index in [1.807, 2.05) is 36.4 Å². The molecule has 0 saturated carbocycles. The van der Waals surface area contributed by atoms with Gasteiger partial charge in [0.25, 0.3) is 0 Å². The number of pyridine rings is 1. The Balaban J connectivity index is 1.41. The van der Waals surface area contributed by atoms with E-state index in [0.29, 0.717) is 38.0 Å². The SMILES string of the molecule is CC(=O)NC[C@H]1OC[C@@H](Oc2ccc(OCc3ccccc3)cn2)CO1. The Morgan fingerprint density at radius 3 is 2.62 bits per heavy atom. The third-order valence-corrected chi connectivity index (χ3v) is 3.70. The van der Waals surface area contributed by atoms with E-state index in [4.69, 9.17) is 18.9 Å². The summed E-state index contributed by atoms with van der Waals surface area (Å²) in [7, 11) is 0. The summed E-state index contributed by atoms with van der Waals surface area (Å²) in [6.07, 6.45) is 0.940. The van der Waals surface area contributed by atoms with E-state index >= 15 is 0 Å². The van der Waals surface area contributed by atoms with Crippen LogP contribution in [0.4, 0.5) is 0 Å². The molecule has 2 heterocycles. The van der Waals surface area contributed by atoms with Crippen LogP contribution >= 0.6 is 0 Å². The van der Waals surface area contributed by atoms with E-state index in [9.17, 15) is 4.79 Å². The smallest absolute Gasteiger partial charge is 0.217 e. The summed E-state index contributed by atoms with van der Waals surface area (Å²) in [6, 6.07) is 13.5. The van der Waals surface area contributed by atoms with Crippen LogP contribution in [0.25, 0.3) is 0 Å². The standard InChI is InChI=1S/C19H22N2O5/c1-14(22)20-10-19-24-12-17(13-25-19)26-18-8-7-16(9-21-18)23-11-15-5-3-2-4-6-15/h2-9,17,19H,10-13H2,1H3,(H,20,22)/t17-,19+. The van der Waals surface area contributed by atoms with E-state index in [0.717, 1.165) is 5.56 Å². The molecule has 1 aliphatic heterocycles. The average Bonchev–Trinajstić information content (AvgIpc) is 2.68. The van der Waals surface area contributed by atoms with E-state index in [1.54, 1.807) is 12.3 Å². The quantitative estimate of drug-likeness (QED) is 0.815. The number of nitrogens with zero attached hydrogens (tertiary/aromatic N) is 1. The molecule has 1 aliphatic rings. The lowest BCUT2D eigenvalue weighted by Gasteiger charge is -2.29. The number of hydrogen-bond donors (Lipinski definition) is 1. The number of ether oxygens (including phenoxy) is 4. The lowest BCUT2D eigenvalue weighted by atomic mass is 10.2. The van der Waals surface area contributed by atoms with Crippen LogP contribution in [0.1, 0.15) is 12.5 Å². The van der Waals surface area contributed by atoms with Crippen LogP contribution in [-0.4, -0.2) is 43.0 Å². The van der Waals surface area contributed by atoms with Gasteiger partial charge < -0.3 is 24.3 Å². The fourth-order valence-electron chi connectivity index (χ4n) is 2.37. The molecule has 0 radical (unpaired) electrons. The van der Waals surface area contributed by atoms with Gasteiger partial charge in [0.05, 0.1) is 26.0 Å². The minimum atomic E-state index is -0.444. The van der Waals surface area contributed by atoms with Crippen LogP contribution in [0, 0.1) is 0 Å². The van der Waals surface area contributed by atoms with Crippen LogP contribution < -0.4 is 14.8 Å². The lowest BCUT2D eigenvalue weighted by Crippen LogP contribution is -2.44. The summed E-state index contributed by atoms with van der Waals surface area (Å²) in [6.45, 7) is 3.01. The number of carbonyl (C=O) groups excluding carboxylic acids is 1. The zero-order valence-corrected chi connectivity index (χ0v) is 14.6. The van der Waals surface area contributed by atoms with Crippen molar-refractivity contribution in [2.75, 3.05) is 19.8 Å². The molecule has 7 heteroatoms. The Morgan fingerprint density at radius 2 is 1.96 bits per heavy atom. The first kappa shape index (κ1) is 18.2. The molecule has 0 atom stereocenters. The van der Waals surface area contributed by atoms with Crippen LogP contribution in [-0.2, 0) is 20.9 Å². The second kappa shape index (κ2) is 9.17. The molecule has 1 amide bonds. The molecule has 2 aromatic rings. The highest BCUT2D eigenvalue weighted by Crippen LogP contribution is 2.18. The Kier molecular flexibility index (Phi) is 6.40. The fraction of sp³-hybridized carbons (Fsp3) is 0.368. The molecule has 0 bridgehead atoms. The fourth-order valence-corrected chi connectivity index (χ4v) is 2.37. The van der Waals surface area contributed by atoms with E-state index in [1.165, 1.54) is 6.92 Å². The minimum Gasteiger partial charge on any atom is -0.487 e. The number of aromatic nitrogens is 1. The van der Waals surface area contributed by atoms with Crippen molar-refractivity contribution >= 4 is 5.91 Å². The maximum Gasteiger partial charge on any atom is 0.217 e. The van der Waals surface area contributed by atoms with Gasteiger partial charge in [-0.1, -0.05) is 30.3 Å². The Morgan fingerprint density at radius 1 is 1.19 bits per heavy atom. The molecule has 1 aromatic heterocycles. The van der Waals surface area contributed by atoms with Gasteiger partial charge in [-0.15, -0.1) is 0 Å². The van der Waals surface area contributed by atoms with Gasteiger partial charge in [-0.3, -0.25) is 4.79 Å². The van der Waals surface area contributed by atoms with Gasteiger partial charge in [0.2, 0.25) is 11.8 Å². The van der Waals surface area contributed by atoms with Crippen LogP contribution in [0.5, 0.6) is 11.6 Å². The molecule has 26 heavy (non-hydrogen) atoms. The Bertz CT molecular complexity index is 685. The summed E-state index contributed by atoms with van der Waals surface area (Å²) < 4.78 is 22.5. The average molecular weight is 358 g/mol. The molecule has 0 spiro atoms. The molecular weight excluding hydrogens is 336 g/mol. The van der Waals surface area contributed by atoms with Crippen molar-refractivity contribution in [1.29, 1.82) is 0 Å². The Hall–Kier alpha value is -2.64. The van der Waals surface area contributed by atoms with Crippen molar-refractivity contribution in [3.63, 3.8) is 0 Å². The zero-order valence-electron chi connectivity index (χ0n) is 14.6. The van der Waals surface area contributed by atoms with Gasteiger partial charge in [-0.05, 0) is 11.6 Å². The highest BCUT2D eigenvalue weighted by atomic mass is 16.7. The summed E-state index contributed by atoms with van der Waals surface area (Å²) >= 11 is 0. The van der Waals surface area contributed by atoms with Crippen molar-refractivity contribution < 1.29 is 23.7 Å². The van der Waals surface area contributed by atoms with Gasteiger partial charge >= 0.3 is 0 Å². The maximum absolute atomic E-state index is 10.9. The summed E-state index contributed by atoms with van der Waals surface area (Å²) in [5.74, 6) is 1.04. The van der Waals surface area contributed by atoms with E-state index in [2.05, 4.69) is 10.3 Å². The summed E-state index contributed by atoms with van der Waals surface area (Å²) in [5.41, 5.74) is 1.10. The summed E-state index contributed by atoms with van der Waals surface area (Å²) in [4.78, 5) is 15.1. The molecule has 1 fully saturated rings. The van der Waals surface area contributed by atoms with Gasteiger partial charge in [0.15, 0.2) is 6.29 Å². The molecule has 3 rings (SSSR count). The second-order valence-electron chi connectivity index (χ2n) is 5.88. The van der Waals surface area contributed by atoms with Gasteiger partial charge in [0, 0.05) is 13.0 Å². The topological polar surface area (TPSA) is 78.9 Å². The molecule has 138 valence electrons. The number of nitrogens with one attached hydrogen (secondary N) is 1. The highest BCUT2D eigenvalue weighted by molar-refractivity contribution is 5.72. The van der Waals surface area contributed by atoms with Crippen molar-refractivity contribution in [1.82, 2.24) is 10.3 Å². The monoisotopic (exact) mass is 358 g/mol. The normalized spacial score (nSPS) is 19.6. The van der Waals surface area contributed by atoms with Crippen LogP contribution in [0.2, 0.25) is 0 Å². The largest absolute Gasteiger partial charge is 0.487 e. The number of hydrogen-bond acceptors (Lipinski definition) is 6. The molecule has 1 aromatic carbocycles. The van der Waals surface area contributed by atoms with Gasteiger partial charge in [0.1, 0.15) is 18.5 Å². The van der Waals surface area contributed by atoms with Crippen LogP contribution in [0.3, 0.4) is 0 Å². The summed E-state index contributed by atoms with van der Waals surface area (Å²) in [5, 5.41) is 2.65. The third kappa shape index (κ3) is 5.72. The highest BCUT2D eigenvalue weighted by Gasteiger charge is 2.23. The van der Waals surface area contributed by atoms with Crippen molar-refractivity contribution in [3.05, 3.63) is 54.2 Å². The van der Waals surface area contributed by atoms with Crippen molar-refractivity contribution in [2.45, 2.75) is 25.9 Å². The molecule has 0 aliphatic carbocycles. The molecule has 1 saturated heterocycles. The van der Waals surface area contributed by atoms with Gasteiger partial charge in [-0.25, -0.2) is 4.98 Å². The maximum atomic E-state index is 10.9. The third-order valence-electron chi connectivity index (χ3n) is 3.70. The number of carbonyl (C=O) groups is 1. The minimum absolute atomic E-state index is 0.116. The second-order valence-corrected chi connectivity index (χ2v) is 5.88. The van der Waals surface area contributed by atoms with Crippen molar-refractivity contribution in [2.24, 2.45) is 0 Å². The van der Waals surface area contributed by atoms with Gasteiger partial charge in [-0.2, -0.15) is 0 Å². The first-order valence-corrected chi connectivity index (χ1v) is 8.46. The van der Waals surface area contributed by atoms with Crippen LogP contribution in [0.15, 0.2) is 48.7 Å². The number of amides is 1. The molecule has 0 unspecified atom stereocenters. The molecular formula is C19H22N2O5. The first-order valence-electron chi connectivity index (χ1n) is 8.46. The predicted molar refractivity (Wildman–Crippen MR) is 93.8 cm³/mol. The lowest BCUT2D eigenvalue weighted by molar-refractivity contribution is -0.208. The number of benzene rings is 1. The predicted octanol–water partition coefficient (Wildman–Crippen LogP) is 1.92. The van der Waals surface area contributed by atoms with E-state index in [-0.39, 0.29) is 12.0 Å². The van der Waals surface area contributed by atoms with E-state index < -0.39 is 6.29 Å². The zero-order chi connectivity index (χ0) is 18.2. The molecule has 1 N–H and O–H groups in total. The molecule has 7 nitrogen and oxygen atoms in total. The number of rotatable bonds is 7.